The Balaban J connectivity index is 1.05. The average Bonchev–Trinajstić information content (AvgIpc) is 3.04. The van der Waals surface area contributed by atoms with Crippen LogP contribution in [0.2, 0.25) is 0 Å². The molecule has 0 fully saturated rings. The van der Waals surface area contributed by atoms with Crippen molar-refractivity contribution >= 4 is 45.5 Å². The molecule has 0 radical (unpaired) electrons. The molecule has 6 aromatic carbocycles. The summed E-state index contributed by atoms with van der Waals surface area (Å²) in [7, 11) is 0. The van der Waals surface area contributed by atoms with Crippen LogP contribution in [0.4, 0.5) is 45.5 Å². The number of para-hydroxylation sites is 2. The third-order valence-corrected chi connectivity index (χ3v) is 8.17. The zero-order chi connectivity index (χ0) is 31.2. The minimum absolute atomic E-state index is 0.890. The van der Waals surface area contributed by atoms with Gasteiger partial charge in [0.05, 0.1) is 0 Å². The highest BCUT2D eigenvalue weighted by Crippen LogP contribution is 2.28. The number of aryl methyl sites for hydroxylation is 4. The van der Waals surface area contributed by atoms with Gasteiger partial charge in [0.2, 0.25) is 0 Å². The van der Waals surface area contributed by atoms with Crippen LogP contribution in [0.25, 0.3) is 0 Å². The molecule has 224 valence electrons. The first-order valence-electron chi connectivity index (χ1n) is 15.5. The lowest BCUT2D eigenvalue weighted by Gasteiger charge is -2.14. The first-order valence-corrected chi connectivity index (χ1v) is 15.5. The van der Waals surface area contributed by atoms with Gasteiger partial charge in [0.25, 0.3) is 0 Å². The highest BCUT2D eigenvalue weighted by Gasteiger charge is 2.07. The van der Waals surface area contributed by atoms with Crippen molar-refractivity contribution in [2.75, 3.05) is 21.3 Å². The molecule has 0 aliphatic rings. The predicted octanol–water partition coefficient (Wildman–Crippen LogP) is 11.5. The Labute approximate surface area is 267 Å². The topological polar surface area (TPSA) is 48.1 Å². The second-order valence-electron chi connectivity index (χ2n) is 11.8. The van der Waals surface area contributed by atoms with E-state index < -0.39 is 0 Å². The molecule has 0 aliphatic carbocycles. The smallest absolute Gasteiger partial charge is 0.0414 e. The Morgan fingerprint density at radius 3 is 0.956 bits per heavy atom. The lowest BCUT2D eigenvalue weighted by molar-refractivity contribution is 1.17. The standard InChI is InChI=1S/C41H40N4/c1-28-9-5-7-11-38(28)42-34-15-19-36(20-16-34)44-40-23-13-32(25-30(40)3)27-33-14-24-41(31(4)26-33)45-37-21-17-35(18-22-37)43-39-12-8-6-10-29(39)2/h5-26,42-45H,27H2,1-4H3. The molecule has 0 amide bonds. The molecule has 45 heavy (non-hydrogen) atoms. The molecule has 0 atom stereocenters. The number of nitrogens with one attached hydrogen (secondary N) is 4. The van der Waals surface area contributed by atoms with Crippen LogP contribution >= 0.6 is 0 Å². The number of hydrogen-bond acceptors (Lipinski definition) is 4. The van der Waals surface area contributed by atoms with Gasteiger partial charge >= 0.3 is 0 Å². The fourth-order valence-electron chi connectivity index (χ4n) is 5.51. The van der Waals surface area contributed by atoms with Gasteiger partial charge in [-0.05, 0) is 140 Å². The maximum absolute atomic E-state index is 3.58. The Morgan fingerprint density at radius 1 is 0.333 bits per heavy atom. The summed E-state index contributed by atoms with van der Waals surface area (Å²) in [6.45, 7) is 8.57. The average molecular weight is 589 g/mol. The van der Waals surface area contributed by atoms with Crippen LogP contribution in [0.1, 0.15) is 33.4 Å². The molecule has 6 rings (SSSR count). The van der Waals surface area contributed by atoms with E-state index in [2.05, 4.69) is 182 Å². The van der Waals surface area contributed by atoms with Crippen molar-refractivity contribution < 1.29 is 0 Å². The molecule has 0 bridgehead atoms. The van der Waals surface area contributed by atoms with E-state index in [-0.39, 0.29) is 0 Å². The lowest BCUT2D eigenvalue weighted by atomic mass is 10.00. The van der Waals surface area contributed by atoms with Crippen LogP contribution < -0.4 is 21.3 Å². The Hall–Kier alpha value is -5.48. The minimum atomic E-state index is 0.890. The van der Waals surface area contributed by atoms with Crippen molar-refractivity contribution in [1.82, 2.24) is 0 Å². The molecule has 4 heteroatoms. The molecule has 4 N–H and O–H groups in total. The zero-order valence-corrected chi connectivity index (χ0v) is 26.4. The van der Waals surface area contributed by atoms with E-state index in [1.165, 1.54) is 33.4 Å². The molecule has 0 unspecified atom stereocenters. The molecular formula is C41H40N4. The molecule has 0 aromatic heterocycles. The summed E-state index contributed by atoms with van der Waals surface area (Å²) in [6, 6.07) is 46.9. The van der Waals surface area contributed by atoms with Gasteiger partial charge in [-0.25, -0.2) is 0 Å². The van der Waals surface area contributed by atoms with Gasteiger partial charge in [-0.1, -0.05) is 60.7 Å². The summed E-state index contributed by atoms with van der Waals surface area (Å²) in [6.07, 6.45) is 0.890. The lowest BCUT2D eigenvalue weighted by Crippen LogP contribution is -1.98. The first kappa shape index (κ1) is 29.6. The summed E-state index contributed by atoms with van der Waals surface area (Å²) in [5, 5.41) is 14.2. The zero-order valence-electron chi connectivity index (χ0n) is 26.4. The quantitative estimate of drug-likeness (QED) is 0.129. The van der Waals surface area contributed by atoms with Crippen LogP contribution in [-0.2, 0) is 6.42 Å². The maximum atomic E-state index is 3.58. The summed E-state index contributed by atoms with van der Waals surface area (Å²) < 4.78 is 0. The Bertz CT molecular complexity index is 1770. The van der Waals surface area contributed by atoms with E-state index in [0.717, 1.165) is 51.9 Å². The minimum Gasteiger partial charge on any atom is -0.355 e. The predicted molar refractivity (Wildman–Crippen MR) is 194 cm³/mol. The van der Waals surface area contributed by atoms with Gasteiger partial charge in [-0.15, -0.1) is 0 Å². The molecule has 0 heterocycles. The molecule has 6 aromatic rings. The van der Waals surface area contributed by atoms with Crippen molar-refractivity contribution in [3.8, 4) is 0 Å². The normalized spacial score (nSPS) is 10.8. The second-order valence-corrected chi connectivity index (χ2v) is 11.8. The molecule has 4 nitrogen and oxygen atoms in total. The van der Waals surface area contributed by atoms with Gasteiger partial charge in [-0.3, -0.25) is 0 Å². The van der Waals surface area contributed by atoms with Crippen molar-refractivity contribution in [3.63, 3.8) is 0 Å². The third kappa shape index (κ3) is 7.54. The molecule has 0 spiro atoms. The van der Waals surface area contributed by atoms with E-state index in [9.17, 15) is 0 Å². The Morgan fingerprint density at radius 2 is 0.644 bits per heavy atom. The summed E-state index contributed by atoms with van der Waals surface area (Å²) in [5.41, 5.74) is 16.3. The van der Waals surface area contributed by atoms with Gasteiger partial charge < -0.3 is 21.3 Å². The maximum Gasteiger partial charge on any atom is 0.0414 e. The molecule has 0 saturated heterocycles. The van der Waals surface area contributed by atoms with Crippen molar-refractivity contribution in [2.24, 2.45) is 0 Å². The van der Waals surface area contributed by atoms with Crippen LogP contribution in [-0.4, -0.2) is 0 Å². The van der Waals surface area contributed by atoms with Crippen LogP contribution in [0, 0.1) is 27.7 Å². The Kier molecular flexibility index (Phi) is 8.84. The number of benzene rings is 6. The van der Waals surface area contributed by atoms with Crippen LogP contribution in [0.15, 0.2) is 133 Å². The number of hydrogen-bond donors (Lipinski definition) is 4. The second kappa shape index (κ2) is 13.4. The van der Waals surface area contributed by atoms with E-state index in [1.807, 2.05) is 0 Å². The van der Waals surface area contributed by atoms with Crippen molar-refractivity contribution in [2.45, 2.75) is 34.1 Å². The SMILES string of the molecule is Cc1ccccc1Nc1ccc(Nc2ccc(Cc3ccc(Nc4ccc(Nc5ccccc5C)cc4)c(C)c3)cc2C)cc1. The van der Waals surface area contributed by atoms with E-state index in [0.29, 0.717) is 0 Å². The fourth-order valence-corrected chi connectivity index (χ4v) is 5.51. The molecule has 0 aliphatic heterocycles. The van der Waals surface area contributed by atoms with E-state index >= 15 is 0 Å². The van der Waals surface area contributed by atoms with Gasteiger partial charge in [0.1, 0.15) is 0 Å². The largest absolute Gasteiger partial charge is 0.355 e. The van der Waals surface area contributed by atoms with Gasteiger partial charge in [0.15, 0.2) is 0 Å². The van der Waals surface area contributed by atoms with E-state index in [4.69, 9.17) is 0 Å². The molecular weight excluding hydrogens is 548 g/mol. The monoisotopic (exact) mass is 588 g/mol. The van der Waals surface area contributed by atoms with Crippen molar-refractivity contribution in [3.05, 3.63) is 167 Å². The highest BCUT2D eigenvalue weighted by molar-refractivity contribution is 5.70. The van der Waals surface area contributed by atoms with Crippen molar-refractivity contribution in [1.29, 1.82) is 0 Å². The number of anilines is 8. The first-order chi connectivity index (χ1) is 21.9. The van der Waals surface area contributed by atoms with Gasteiger partial charge in [-0.2, -0.15) is 0 Å². The number of rotatable bonds is 10. The van der Waals surface area contributed by atoms with Gasteiger partial charge in [0, 0.05) is 45.5 Å². The summed E-state index contributed by atoms with van der Waals surface area (Å²) >= 11 is 0. The van der Waals surface area contributed by atoms with Crippen LogP contribution in [0.5, 0.6) is 0 Å². The summed E-state index contributed by atoms with van der Waals surface area (Å²) in [5.74, 6) is 0. The summed E-state index contributed by atoms with van der Waals surface area (Å²) in [4.78, 5) is 0. The van der Waals surface area contributed by atoms with E-state index in [1.54, 1.807) is 0 Å². The highest BCUT2D eigenvalue weighted by atomic mass is 14.9. The molecule has 0 saturated carbocycles. The fraction of sp³-hybridized carbons (Fsp3) is 0.122. The third-order valence-electron chi connectivity index (χ3n) is 8.17. The van der Waals surface area contributed by atoms with Crippen LogP contribution in [0.3, 0.4) is 0 Å².